The second kappa shape index (κ2) is 7.98. The lowest BCUT2D eigenvalue weighted by atomic mass is 10.2. The molecule has 0 aliphatic heterocycles. The molecule has 0 aliphatic rings. The third-order valence-corrected chi connectivity index (χ3v) is 2.84. The predicted molar refractivity (Wildman–Crippen MR) is 75.5 cm³/mol. The number of hydrogen-bond donors (Lipinski definition) is 1. The van der Waals surface area contributed by atoms with Crippen molar-refractivity contribution in [3.05, 3.63) is 24.3 Å². The van der Waals surface area contributed by atoms with Gasteiger partial charge in [-0.05, 0) is 39.3 Å². The second-order valence-electron chi connectivity index (χ2n) is 4.53. The molecule has 0 fully saturated rings. The number of rotatable bonds is 8. The summed E-state index contributed by atoms with van der Waals surface area (Å²) in [6.07, 6.45) is 1.25. The van der Waals surface area contributed by atoms with Crippen LogP contribution in [-0.4, -0.2) is 25.3 Å². The van der Waals surface area contributed by atoms with Crippen LogP contribution in [0.25, 0.3) is 0 Å². The minimum atomic E-state index is 0.126. The summed E-state index contributed by atoms with van der Waals surface area (Å²) in [6.45, 7) is 9.90. The van der Waals surface area contributed by atoms with Crippen molar-refractivity contribution in [2.24, 2.45) is 0 Å². The van der Waals surface area contributed by atoms with Crippen LogP contribution in [0.5, 0.6) is 11.5 Å². The molecule has 0 bridgehead atoms. The zero-order valence-electron chi connectivity index (χ0n) is 11.9. The van der Waals surface area contributed by atoms with Crippen molar-refractivity contribution in [3.63, 3.8) is 0 Å². The highest BCUT2D eigenvalue weighted by Gasteiger charge is 2.09. The van der Waals surface area contributed by atoms with Gasteiger partial charge in [0.1, 0.15) is 6.10 Å². The van der Waals surface area contributed by atoms with Crippen LogP contribution < -0.4 is 14.8 Å². The minimum absolute atomic E-state index is 0.126. The van der Waals surface area contributed by atoms with Crippen molar-refractivity contribution in [1.82, 2.24) is 5.32 Å². The van der Waals surface area contributed by atoms with E-state index in [0.717, 1.165) is 24.5 Å². The first-order valence-electron chi connectivity index (χ1n) is 6.79. The Hall–Kier alpha value is -1.22. The highest BCUT2D eigenvalue weighted by Crippen LogP contribution is 2.27. The molecule has 3 heteroatoms. The lowest BCUT2D eigenvalue weighted by Crippen LogP contribution is -2.34. The molecule has 0 amide bonds. The van der Waals surface area contributed by atoms with E-state index in [0.29, 0.717) is 12.6 Å². The Balaban J connectivity index is 2.50. The second-order valence-corrected chi connectivity index (χ2v) is 4.53. The summed E-state index contributed by atoms with van der Waals surface area (Å²) in [4.78, 5) is 0. The van der Waals surface area contributed by atoms with Crippen LogP contribution in [0.4, 0.5) is 0 Å². The summed E-state index contributed by atoms with van der Waals surface area (Å²) in [7, 11) is 0. The third kappa shape index (κ3) is 4.96. The average Bonchev–Trinajstić information content (AvgIpc) is 2.38. The Labute approximate surface area is 110 Å². The van der Waals surface area contributed by atoms with Gasteiger partial charge in [0.25, 0.3) is 0 Å². The number of ether oxygens (including phenoxy) is 2. The molecular formula is C15H25NO2. The van der Waals surface area contributed by atoms with Gasteiger partial charge in [0.2, 0.25) is 0 Å². The first kappa shape index (κ1) is 14.8. The van der Waals surface area contributed by atoms with Crippen LogP contribution in [0.2, 0.25) is 0 Å². The standard InChI is InChI=1S/C15H25NO2/c1-5-12(3)16-11-13(4)18-15-10-8-7-9-14(15)17-6-2/h7-10,12-13,16H,5-6,11H2,1-4H3. The highest BCUT2D eigenvalue weighted by molar-refractivity contribution is 5.39. The van der Waals surface area contributed by atoms with E-state index in [4.69, 9.17) is 9.47 Å². The molecule has 102 valence electrons. The fourth-order valence-corrected chi connectivity index (χ4v) is 1.59. The molecule has 0 heterocycles. The van der Waals surface area contributed by atoms with Crippen LogP contribution in [0.3, 0.4) is 0 Å². The van der Waals surface area contributed by atoms with Gasteiger partial charge in [0.05, 0.1) is 6.61 Å². The summed E-state index contributed by atoms with van der Waals surface area (Å²) in [5.41, 5.74) is 0. The number of para-hydroxylation sites is 2. The molecule has 0 saturated carbocycles. The maximum absolute atomic E-state index is 5.91. The van der Waals surface area contributed by atoms with E-state index in [2.05, 4.69) is 26.1 Å². The van der Waals surface area contributed by atoms with Crippen LogP contribution in [0.15, 0.2) is 24.3 Å². The Morgan fingerprint density at radius 1 is 1.11 bits per heavy atom. The van der Waals surface area contributed by atoms with Crippen LogP contribution >= 0.6 is 0 Å². The average molecular weight is 251 g/mol. The first-order valence-corrected chi connectivity index (χ1v) is 6.79. The SMILES string of the molecule is CCOc1ccccc1OC(C)CNC(C)CC. The molecule has 0 aromatic heterocycles. The number of nitrogens with one attached hydrogen (secondary N) is 1. The molecule has 1 aromatic carbocycles. The van der Waals surface area contributed by atoms with Gasteiger partial charge >= 0.3 is 0 Å². The Morgan fingerprint density at radius 3 is 2.39 bits per heavy atom. The van der Waals surface area contributed by atoms with Gasteiger partial charge in [0, 0.05) is 12.6 Å². The van der Waals surface area contributed by atoms with Gasteiger partial charge in [-0.2, -0.15) is 0 Å². The van der Waals surface area contributed by atoms with Gasteiger partial charge in [-0.15, -0.1) is 0 Å². The van der Waals surface area contributed by atoms with Gasteiger partial charge in [-0.1, -0.05) is 19.1 Å². The molecule has 1 N–H and O–H groups in total. The summed E-state index contributed by atoms with van der Waals surface area (Å²) in [5, 5.41) is 3.44. The summed E-state index contributed by atoms with van der Waals surface area (Å²) < 4.78 is 11.4. The lowest BCUT2D eigenvalue weighted by molar-refractivity contribution is 0.199. The Morgan fingerprint density at radius 2 is 1.78 bits per heavy atom. The molecular weight excluding hydrogens is 226 g/mol. The van der Waals surface area contributed by atoms with Gasteiger partial charge in [0.15, 0.2) is 11.5 Å². The molecule has 0 aliphatic carbocycles. The van der Waals surface area contributed by atoms with Crippen LogP contribution in [0, 0.1) is 0 Å². The normalized spacial score (nSPS) is 14.0. The molecule has 0 spiro atoms. The highest BCUT2D eigenvalue weighted by atomic mass is 16.5. The number of hydrogen-bond acceptors (Lipinski definition) is 3. The van der Waals surface area contributed by atoms with Crippen molar-refractivity contribution < 1.29 is 9.47 Å². The van der Waals surface area contributed by atoms with Crippen molar-refractivity contribution in [3.8, 4) is 11.5 Å². The molecule has 18 heavy (non-hydrogen) atoms. The predicted octanol–water partition coefficient (Wildman–Crippen LogP) is 3.24. The first-order chi connectivity index (χ1) is 8.67. The van der Waals surface area contributed by atoms with E-state index in [1.54, 1.807) is 0 Å². The quantitative estimate of drug-likeness (QED) is 0.769. The lowest BCUT2D eigenvalue weighted by Gasteiger charge is -2.19. The van der Waals surface area contributed by atoms with Crippen LogP contribution in [0.1, 0.15) is 34.1 Å². The molecule has 0 radical (unpaired) electrons. The van der Waals surface area contributed by atoms with Crippen molar-refractivity contribution >= 4 is 0 Å². The maximum atomic E-state index is 5.91. The van der Waals surface area contributed by atoms with E-state index in [1.807, 2.05) is 31.2 Å². The van der Waals surface area contributed by atoms with E-state index in [-0.39, 0.29) is 6.10 Å². The van der Waals surface area contributed by atoms with E-state index < -0.39 is 0 Å². The summed E-state index contributed by atoms with van der Waals surface area (Å²) >= 11 is 0. The zero-order valence-corrected chi connectivity index (χ0v) is 11.9. The van der Waals surface area contributed by atoms with Crippen molar-refractivity contribution in [1.29, 1.82) is 0 Å². The van der Waals surface area contributed by atoms with E-state index in [9.17, 15) is 0 Å². The zero-order chi connectivity index (χ0) is 13.4. The fourth-order valence-electron chi connectivity index (χ4n) is 1.59. The summed E-state index contributed by atoms with van der Waals surface area (Å²) in [5.74, 6) is 1.63. The third-order valence-electron chi connectivity index (χ3n) is 2.84. The summed E-state index contributed by atoms with van der Waals surface area (Å²) in [6, 6.07) is 8.34. The molecule has 0 saturated heterocycles. The van der Waals surface area contributed by atoms with Gasteiger partial charge in [-0.25, -0.2) is 0 Å². The maximum Gasteiger partial charge on any atom is 0.161 e. The topological polar surface area (TPSA) is 30.5 Å². The van der Waals surface area contributed by atoms with Crippen molar-refractivity contribution in [2.45, 2.75) is 46.3 Å². The van der Waals surface area contributed by atoms with Crippen molar-refractivity contribution in [2.75, 3.05) is 13.2 Å². The van der Waals surface area contributed by atoms with Crippen LogP contribution in [-0.2, 0) is 0 Å². The molecule has 3 nitrogen and oxygen atoms in total. The Bertz CT molecular complexity index is 341. The Kier molecular flexibility index (Phi) is 6.58. The largest absolute Gasteiger partial charge is 0.490 e. The van der Waals surface area contributed by atoms with E-state index in [1.165, 1.54) is 0 Å². The van der Waals surface area contributed by atoms with E-state index >= 15 is 0 Å². The number of benzene rings is 1. The monoisotopic (exact) mass is 251 g/mol. The molecule has 2 atom stereocenters. The smallest absolute Gasteiger partial charge is 0.161 e. The molecule has 1 rings (SSSR count). The minimum Gasteiger partial charge on any atom is -0.490 e. The van der Waals surface area contributed by atoms with Gasteiger partial charge in [-0.3, -0.25) is 0 Å². The molecule has 1 aromatic rings. The molecule has 2 unspecified atom stereocenters. The van der Waals surface area contributed by atoms with Gasteiger partial charge < -0.3 is 14.8 Å². The fraction of sp³-hybridized carbons (Fsp3) is 0.600.